The quantitative estimate of drug-likeness (QED) is 0.907. The van der Waals surface area contributed by atoms with Gasteiger partial charge in [-0.2, -0.15) is 0 Å². The van der Waals surface area contributed by atoms with Crippen molar-refractivity contribution in [1.29, 1.82) is 0 Å². The van der Waals surface area contributed by atoms with Gasteiger partial charge in [-0.25, -0.2) is 4.98 Å². The number of rotatable bonds is 2. The molecule has 0 saturated carbocycles. The molecule has 0 aromatic carbocycles. The minimum atomic E-state index is -0.160. The van der Waals surface area contributed by atoms with Gasteiger partial charge in [0.2, 0.25) is 0 Å². The number of amides is 1. The molecule has 0 saturated heterocycles. The lowest BCUT2D eigenvalue weighted by Gasteiger charge is -2.20. The van der Waals surface area contributed by atoms with E-state index in [9.17, 15) is 4.79 Å². The highest BCUT2D eigenvalue weighted by molar-refractivity contribution is 7.15. The first-order chi connectivity index (χ1) is 9.22. The van der Waals surface area contributed by atoms with Crippen LogP contribution in [0.4, 0.5) is 5.13 Å². The highest BCUT2D eigenvalue weighted by Gasteiger charge is 2.19. The van der Waals surface area contributed by atoms with E-state index in [1.807, 2.05) is 0 Å². The Morgan fingerprint density at radius 1 is 1.53 bits per heavy atom. The summed E-state index contributed by atoms with van der Waals surface area (Å²) in [5.74, 6) is -0.160. The molecule has 98 valence electrons. The molecule has 1 aliphatic rings. The number of thiazole rings is 1. The van der Waals surface area contributed by atoms with Gasteiger partial charge < -0.3 is 4.90 Å². The number of pyridine rings is 1. The molecule has 1 N–H and O–H groups in total. The largest absolute Gasteiger partial charge is 0.301 e. The van der Waals surface area contributed by atoms with Crippen molar-refractivity contribution in [3.63, 3.8) is 0 Å². The molecule has 3 heterocycles. The van der Waals surface area contributed by atoms with Crippen LogP contribution < -0.4 is 5.32 Å². The van der Waals surface area contributed by atoms with Gasteiger partial charge in [0.1, 0.15) is 0 Å². The number of likely N-dealkylation sites (N-methyl/N-ethyl adjacent to an activating group) is 1. The summed E-state index contributed by atoms with van der Waals surface area (Å²) < 4.78 is 0. The maximum Gasteiger partial charge on any atom is 0.259 e. The van der Waals surface area contributed by atoms with Gasteiger partial charge in [-0.05, 0) is 19.2 Å². The molecular weight excluding hydrogens is 260 g/mol. The van der Waals surface area contributed by atoms with Gasteiger partial charge in [0.05, 0.1) is 11.3 Å². The number of hydrogen-bond acceptors (Lipinski definition) is 5. The third-order valence-corrected chi connectivity index (χ3v) is 4.06. The van der Waals surface area contributed by atoms with Crippen molar-refractivity contribution >= 4 is 22.4 Å². The molecule has 5 nitrogen and oxygen atoms in total. The third kappa shape index (κ3) is 2.64. The van der Waals surface area contributed by atoms with Crippen LogP contribution >= 0.6 is 11.3 Å². The molecule has 0 aliphatic carbocycles. The number of aromatic nitrogens is 2. The Morgan fingerprint density at radius 2 is 2.42 bits per heavy atom. The van der Waals surface area contributed by atoms with E-state index in [1.165, 1.54) is 4.88 Å². The van der Waals surface area contributed by atoms with Gasteiger partial charge in [0, 0.05) is 36.8 Å². The van der Waals surface area contributed by atoms with E-state index in [2.05, 4.69) is 27.2 Å². The van der Waals surface area contributed by atoms with Crippen molar-refractivity contribution in [2.45, 2.75) is 13.0 Å². The van der Waals surface area contributed by atoms with Crippen molar-refractivity contribution in [2.75, 3.05) is 18.9 Å². The number of nitrogens with one attached hydrogen (secondary N) is 1. The highest BCUT2D eigenvalue weighted by atomic mass is 32.1. The normalized spacial score (nSPS) is 15.0. The van der Waals surface area contributed by atoms with E-state index in [4.69, 9.17) is 0 Å². The number of anilines is 1. The molecule has 2 aromatic heterocycles. The number of fused-ring (bicyclic) bond motifs is 1. The minimum Gasteiger partial charge on any atom is -0.301 e. The van der Waals surface area contributed by atoms with Crippen molar-refractivity contribution in [1.82, 2.24) is 14.9 Å². The lowest BCUT2D eigenvalue weighted by atomic mass is 10.2. The minimum absolute atomic E-state index is 0.160. The molecule has 1 aliphatic heterocycles. The van der Waals surface area contributed by atoms with Crippen LogP contribution in [0.2, 0.25) is 0 Å². The van der Waals surface area contributed by atoms with Gasteiger partial charge in [0.15, 0.2) is 5.13 Å². The summed E-state index contributed by atoms with van der Waals surface area (Å²) in [5.41, 5.74) is 1.66. The van der Waals surface area contributed by atoms with Crippen molar-refractivity contribution in [3.8, 4) is 0 Å². The van der Waals surface area contributed by atoms with Crippen LogP contribution in [0.15, 0.2) is 24.5 Å². The van der Waals surface area contributed by atoms with Crippen LogP contribution in [0.5, 0.6) is 0 Å². The zero-order chi connectivity index (χ0) is 13.2. The molecule has 6 heteroatoms. The summed E-state index contributed by atoms with van der Waals surface area (Å²) in [6.07, 6.45) is 4.15. The number of carbonyl (C=O) groups excluding carboxylic acids is 1. The Labute approximate surface area is 115 Å². The molecule has 0 fully saturated rings. The Morgan fingerprint density at radius 3 is 3.21 bits per heavy atom. The van der Waals surface area contributed by atoms with E-state index in [0.29, 0.717) is 10.7 Å². The predicted molar refractivity (Wildman–Crippen MR) is 74.3 cm³/mol. The Balaban J connectivity index is 1.76. The Hall–Kier alpha value is -1.79. The van der Waals surface area contributed by atoms with Crippen LogP contribution in [-0.2, 0) is 13.0 Å². The fourth-order valence-corrected chi connectivity index (χ4v) is 3.13. The van der Waals surface area contributed by atoms with Gasteiger partial charge >= 0.3 is 0 Å². The number of hydrogen-bond donors (Lipinski definition) is 1. The maximum absolute atomic E-state index is 12.0. The molecule has 0 bridgehead atoms. The van der Waals surface area contributed by atoms with Crippen LogP contribution in [0, 0.1) is 0 Å². The second-order valence-electron chi connectivity index (χ2n) is 4.57. The van der Waals surface area contributed by atoms with Crippen LogP contribution in [0.3, 0.4) is 0 Å². The maximum atomic E-state index is 12.0. The smallest absolute Gasteiger partial charge is 0.259 e. The topological polar surface area (TPSA) is 58.1 Å². The number of carbonyl (C=O) groups is 1. The summed E-state index contributed by atoms with van der Waals surface area (Å²) >= 11 is 1.56. The average Bonchev–Trinajstić information content (AvgIpc) is 2.81. The number of nitrogens with zero attached hydrogens (tertiary/aromatic N) is 3. The van der Waals surface area contributed by atoms with Gasteiger partial charge in [-0.1, -0.05) is 0 Å². The van der Waals surface area contributed by atoms with Crippen molar-refractivity contribution in [2.24, 2.45) is 0 Å². The van der Waals surface area contributed by atoms with Gasteiger partial charge in [0.25, 0.3) is 5.91 Å². The third-order valence-electron chi connectivity index (χ3n) is 3.07. The lowest BCUT2D eigenvalue weighted by molar-refractivity contribution is 0.102. The predicted octanol–water partition coefficient (Wildman–Crippen LogP) is 1.78. The first-order valence-electron chi connectivity index (χ1n) is 6.11. The molecule has 1 amide bonds. The van der Waals surface area contributed by atoms with Crippen molar-refractivity contribution < 1.29 is 4.79 Å². The van der Waals surface area contributed by atoms with Gasteiger partial charge in [-0.15, -0.1) is 11.3 Å². The SMILES string of the molecule is CN1CCc2nc(NC(=O)c3cccnc3)sc2C1. The Bertz CT molecular complexity index is 596. The highest BCUT2D eigenvalue weighted by Crippen LogP contribution is 2.27. The zero-order valence-corrected chi connectivity index (χ0v) is 11.4. The molecule has 0 unspecified atom stereocenters. The van der Waals surface area contributed by atoms with Crippen molar-refractivity contribution in [3.05, 3.63) is 40.7 Å². The summed E-state index contributed by atoms with van der Waals surface area (Å²) in [6.45, 7) is 1.93. The van der Waals surface area contributed by atoms with Crippen LogP contribution in [0.1, 0.15) is 20.9 Å². The first kappa shape index (κ1) is 12.3. The van der Waals surface area contributed by atoms with Crippen LogP contribution in [0.25, 0.3) is 0 Å². The van der Waals surface area contributed by atoms with Gasteiger partial charge in [-0.3, -0.25) is 15.1 Å². The molecule has 0 radical (unpaired) electrons. The van der Waals surface area contributed by atoms with Crippen LogP contribution in [-0.4, -0.2) is 34.4 Å². The molecule has 3 rings (SSSR count). The standard InChI is InChI=1S/C13H14N4OS/c1-17-6-4-10-11(8-17)19-13(15-10)16-12(18)9-3-2-5-14-7-9/h2-3,5,7H,4,6,8H2,1H3,(H,15,16,18). The van der Waals surface area contributed by atoms with E-state index in [0.717, 1.165) is 25.2 Å². The second-order valence-corrected chi connectivity index (χ2v) is 5.66. The summed E-state index contributed by atoms with van der Waals surface area (Å²) in [4.78, 5) is 23.9. The first-order valence-corrected chi connectivity index (χ1v) is 6.92. The molecular formula is C13H14N4OS. The average molecular weight is 274 g/mol. The van der Waals surface area contributed by atoms with E-state index < -0.39 is 0 Å². The zero-order valence-electron chi connectivity index (χ0n) is 10.6. The lowest BCUT2D eigenvalue weighted by Crippen LogP contribution is -2.25. The Kier molecular flexibility index (Phi) is 3.27. The molecule has 19 heavy (non-hydrogen) atoms. The molecule has 2 aromatic rings. The van der Waals surface area contributed by atoms with E-state index >= 15 is 0 Å². The second kappa shape index (κ2) is 5.07. The molecule has 0 atom stereocenters. The fourth-order valence-electron chi connectivity index (χ4n) is 2.04. The molecule has 0 spiro atoms. The monoisotopic (exact) mass is 274 g/mol. The summed E-state index contributed by atoms with van der Waals surface area (Å²) in [5, 5.41) is 3.52. The fraction of sp³-hybridized carbons (Fsp3) is 0.308. The van der Waals surface area contributed by atoms with E-state index in [-0.39, 0.29) is 5.91 Å². The summed E-state index contributed by atoms with van der Waals surface area (Å²) in [6, 6.07) is 3.49. The van der Waals surface area contributed by atoms with E-state index in [1.54, 1.807) is 35.9 Å². The summed E-state index contributed by atoms with van der Waals surface area (Å²) in [7, 11) is 2.09.